The highest BCUT2D eigenvalue weighted by atomic mass is 35.5. The van der Waals surface area contributed by atoms with Crippen molar-refractivity contribution in [1.82, 2.24) is 4.98 Å². The third-order valence-corrected chi connectivity index (χ3v) is 4.44. The van der Waals surface area contributed by atoms with Gasteiger partial charge in [-0.25, -0.2) is 4.98 Å². The van der Waals surface area contributed by atoms with Crippen LogP contribution in [0.2, 0.25) is 5.02 Å². The van der Waals surface area contributed by atoms with Crippen molar-refractivity contribution in [3.63, 3.8) is 0 Å². The van der Waals surface area contributed by atoms with Crippen LogP contribution in [0, 0.1) is 11.3 Å². The van der Waals surface area contributed by atoms with Crippen LogP contribution in [-0.4, -0.2) is 10.9 Å². The van der Waals surface area contributed by atoms with E-state index in [0.29, 0.717) is 15.7 Å². The molecule has 0 aliphatic heterocycles. The average Bonchev–Trinajstić information content (AvgIpc) is 3.09. The molecule has 0 spiro atoms. The van der Waals surface area contributed by atoms with Gasteiger partial charge in [0.2, 0.25) is 5.91 Å². The zero-order valence-electron chi connectivity index (χ0n) is 12.9. The molecule has 122 valence electrons. The molecular weight excluding hydrogens is 354 g/mol. The first-order valence-electron chi connectivity index (χ1n) is 7.35. The lowest BCUT2D eigenvalue weighted by Gasteiger charge is -1.99. The van der Waals surface area contributed by atoms with E-state index in [2.05, 4.69) is 16.4 Å². The second kappa shape index (κ2) is 7.75. The van der Waals surface area contributed by atoms with Crippen LogP contribution in [0.1, 0.15) is 11.1 Å². The molecule has 2 aromatic carbocycles. The lowest BCUT2D eigenvalue weighted by atomic mass is 10.1. The summed E-state index contributed by atoms with van der Waals surface area (Å²) in [6, 6.07) is 16.4. The minimum absolute atomic E-state index is 0.274. The Hall–Kier alpha value is -2.94. The minimum atomic E-state index is -0.274. The second-order valence-electron chi connectivity index (χ2n) is 5.07. The highest BCUT2D eigenvalue weighted by Crippen LogP contribution is 2.30. The molecule has 0 aliphatic carbocycles. The Kier molecular flexibility index (Phi) is 5.24. The Labute approximate surface area is 154 Å². The number of amides is 1. The normalized spacial score (nSPS) is 10.6. The van der Waals surface area contributed by atoms with E-state index in [1.807, 2.05) is 23.6 Å². The maximum Gasteiger partial charge on any atom is 0.250 e. The number of halogens is 1. The first kappa shape index (κ1) is 16.9. The van der Waals surface area contributed by atoms with E-state index in [9.17, 15) is 4.79 Å². The molecule has 0 radical (unpaired) electrons. The Morgan fingerprint density at radius 3 is 2.68 bits per heavy atom. The SMILES string of the molecule is N#Cc1ccc(/C=C/C(=O)Nc2nc(-c3ccccc3Cl)cs2)cc1. The van der Waals surface area contributed by atoms with Crippen LogP contribution in [0.5, 0.6) is 0 Å². The number of anilines is 1. The summed E-state index contributed by atoms with van der Waals surface area (Å²) in [5.74, 6) is -0.274. The second-order valence-corrected chi connectivity index (χ2v) is 6.34. The Morgan fingerprint density at radius 2 is 1.96 bits per heavy atom. The highest BCUT2D eigenvalue weighted by molar-refractivity contribution is 7.14. The molecule has 1 amide bonds. The summed E-state index contributed by atoms with van der Waals surface area (Å²) in [4.78, 5) is 16.4. The number of aromatic nitrogens is 1. The first-order valence-corrected chi connectivity index (χ1v) is 8.61. The Bertz CT molecular complexity index is 971. The van der Waals surface area contributed by atoms with Gasteiger partial charge < -0.3 is 0 Å². The number of nitrogens with one attached hydrogen (secondary N) is 1. The maximum atomic E-state index is 12.0. The molecule has 0 fully saturated rings. The van der Waals surface area contributed by atoms with E-state index in [4.69, 9.17) is 16.9 Å². The van der Waals surface area contributed by atoms with Crippen LogP contribution in [0.3, 0.4) is 0 Å². The number of carbonyl (C=O) groups is 1. The summed E-state index contributed by atoms with van der Waals surface area (Å²) < 4.78 is 0. The summed E-state index contributed by atoms with van der Waals surface area (Å²) in [6.07, 6.45) is 3.11. The maximum absolute atomic E-state index is 12.0. The topological polar surface area (TPSA) is 65.8 Å². The van der Waals surface area contributed by atoms with Crippen LogP contribution >= 0.6 is 22.9 Å². The van der Waals surface area contributed by atoms with Gasteiger partial charge in [-0.05, 0) is 29.8 Å². The van der Waals surface area contributed by atoms with Crippen LogP contribution in [0.4, 0.5) is 5.13 Å². The van der Waals surface area contributed by atoms with Gasteiger partial charge >= 0.3 is 0 Å². The van der Waals surface area contributed by atoms with E-state index in [1.165, 1.54) is 17.4 Å². The Balaban J connectivity index is 1.66. The quantitative estimate of drug-likeness (QED) is 0.662. The molecule has 0 saturated heterocycles. The molecule has 6 heteroatoms. The third kappa shape index (κ3) is 4.32. The summed E-state index contributed by atoms with van der Waals surface area (Å²) in [6.45, 7) is 0. The lowest BCUT2D eigenvalue weighted by molar-refractivity contribution is -0.111. The van der Waals surface area contributed by atoms with E-state index in [0.717, 1.165) is 16.8 Å². The Morgan fingerprint density at radius 1 is 1.20 bits per heavy atom. The van der Waals surface area contributed by atoms with Crippen molar-refractivity contribution in [2.45, 2.75) is 0 Å². The molecule has 3 aromatic rings. The first-order chi connectivity index (χ1) is 12.2. The van der Waals surface area contributed by atoms with E-state index in [-0.39, 0.29) is 5.91 Å². The summed E-state index contributed by atoms with van der Waals surface area (Å²) in [5, 5.41) is 14.5. The van der Waals surface area contributed by atoms with Crippen LogP contribution in [0.25, 0.3) is 17.3 Å². The summed E-state index contributed by atoms with van der Waals surface area (Å²) in [7, 11) is 0. The molecule has 0 unspecified atom stereocenters. The van der Waals surface area contributed by atoms with Crippen molar-refractivity contribution >= 4 is 40.1 Å². The molecule has 1 aromatic heterocycles. The zero-order chi connectivity index (χ0) is 17.6. The van der Waals surface area contributed by atoms with Gasteiger partial charge in [0.05, 0.1) is 17.3 Å². The molecule has 1 N–H and O–H groups in total. The number of nitriles is 1. The number of hydrogen-bond acceptors (Lipinski definition) is 4. The van der Waals surface area contributed by atoms with Gasteiger partial charge in [0, 0.05) is 22.0 Å². The average molecular weight is 366 g/mol. The van der Waals surface area contributed by atoms with Gasteiger partial charge in [0.15, 0.2) is 5.13 Å². The smallest absolute Gasteiger partial charge is 0.250 e. The fourth-order valence-corrected chi connectivity index (χ4v) is 3.06. The number of rotatable bonds is 4. The predicted molar refractivity (Wildman–Crippen MR) is 101 cm³/mol. The summed E-state index contributed by atoms with van der Waals surface area (Å²) in [5.41, 5.74) is 2.97. The van der Waals surface area contributed by atoms with Crippen molar-refractivity contribution in [1.29, 1.82) is 5.26 Å². The third-order valence-electron chi connectivity index (χ3n) is 3.35. The molecule has 3 rings (SSSR count). The van der Waals surface area contributed by atoms with Crippen molar-refractivity contribution < 1.29 is 4.79 Å². The molecule has 0 bridgehead atoms. The highest BCUT2D eigenvalue weighted by Gasteiger charge is 2.08. The number of thiazole rings is 1. The largest absolute Gasteiger partial charge is 0.298 e. The molecule has 4 nitrogen and oxygen atoms in total. The number of nitrogens with zero attached hydrogens (tertiary/aromatic N) is 2. The van der Waals surface area contributed by atoms with Gasteiger partial charge in [-0.3, -0.25) is 10.1 Å². The standard InChI is InChI=1S/C19H12ClN3OS/c20-16-4-2-1-3-15(16)17-12-25-19(22-17)23-18(24)10-9-13-5-7-14(11-21)8-6-13/h1-10,12H,(H,22,23,24)/b10-9+. The predicted octanol–water partition coefficient (Wildman–Crippen LogP) is 4.99. The van der Waals surface area contributed by atoms with Gasteiger partial charge in [0.1, 0.15) is 0 Å². The monoisotopic (exact) mass is 365 g/mol. The molecular formula is C19H12ClN3OS. The molecule has 0 saturated carbocycles. The minimum Gasteiger partial charge on any atom is -0.298 e. The van der Waals surface area contributed by atoms with E-state index in [1.54, 1.807) is 36.4 Å². The van der Waals surface area contributed by atoms with Gasteiger partial charge in [-0.1, -0.05) is 41.9 Å². The number of hydrogen-bond donors (Lipinski definition) is 1. The van der Waals surface area contributed by atoms with E-state index >= 15 is 0 Å². The van der Waals surface area contributed by atoms with Crippen molar-refractivity contribution in [3.05, 3.63) is 76.1 Å². The van der Waals surface area contributed by atoms with Gasteiger partial charge in [-0.15, -0.1) is 11.3 Å². The fourth-order valence-electron chi connectivity index (χ4n) is 2.11. The van der Waals surface area contributed by atoms with Crippen molar-refractivity contribution in [2.75, 3.05) is 5.32 Å². The number of benzene rings is 2. The van der Waals surface area contributed by atoms with Gasteiger partial charge in [0.25, 0.3) is 0 Å². The lowest BCUT2D eigenvalue weighted by Crippen LogP contribution is -2.07. The molecule has 0 aliphatic rings. The molecule has 1 heterocycles. The van der Waals surface area contributed by atoms with Crippen molar-refractivity contribution in [3.8, 4) is 17.3 Å². The fraction of sp³-hybridized carbons (Fsp3) is 0. The molecule has 0 atom stereocenters. The summed E-state index contributed by atoms with van der Waals surface area (Å²) >= 11 is 7.50. The van der Waals surface area contributed by atoms with Crippen LogP contribution < -0.4 is 5.32 Å². The molecule has 25 heavy (non-hydrogen) atoms. The van der Waals surface area contributed by atoms with Crippen LogP contribution in [-0.2, 0) is 4.79 Å². The van der Waals surface area contributed by atoms with E-state index < -0.39 is 0 Å². The number of carbonyl (C=O) groups excluding carboxylic acids is 1. The zero-order valence-corrected chi connectivity index (χ0v) is 14.5. The van der Waals surface area contributed by atoms with Crippen LogP contribution in [0.15, 0.2) is 60.0 Å². The van der Waals surface area contributed by atoms with Gasteiger partial charge in [-0.2, -0.15) is 5.26 Å². The van der Waals surface area contributed by atoms with Crippen molar-refractivity contribution in [2.24, 2.45) is 0 Å².